The molecule has 2 aromatic carbocycles. The summed E-state index contributed by atoms with van der Waals surface area (Å²) in [6.45, 7) is 5.00. The van der Waals surface area contributed by atoms with E-state index in [1.165, 1.54) is 12.1 Å². The van der Waals surface area contributed by atoms with Gasteiger partial charge in [0.25, 0.3) is 0 Å². The van der Waals surface area contributed by atoms with Gasteiger partial charge in [-0.25, -0.2) is 0 Å². The van der Waals surface area contributed by atoms with Crippen LogP contribution in [0.15, 0.2) is 49.1 Å². The van der Waals surface area contributed by atoms with Gasteiger partial charge in [0.05, 0.1) is 11.6 Å². The molecule has 0 bridgehead atoms. The Labute approximate surface area is 113 Å². The third kappa shape index (κ3) is 1.88. The van der Waals surface area contributed by atoms with Crippen molar-refractivity contribution in [1.82, 2.24) is 0 Å². The minimum atomic E-state index is 0.413. The fourth-order valence-electron chi connectivity index (χ4n) is 2.97. The van der Waals surface area contributed by atoms with Gasteiger partial charge in [-0.2, -0.15) is 5.26 Å². The zero-order chi connectivity index (χ0) is 13.2. The molecule has 3 rings (SSSR count). The Hall–Kier alpha value is -2.27. The first-order valence-corrected chi connectivity index (χ1v) is 6.66. The van der Waals surface area contributed by atoms with Crippen LogP contribution in [-0.2, 0) is 0 Å². The molecule has 0 aromatic heterocycles. The van der Waals surface area contributed by atoms with Gasteiger partial charge in [0.1, 0.15) is 0 Å². The summed E-state index contributed by atoms with van der Waals surface area (Å²) in [5, 5.41) is 11.4. The quantitative estimate of drug-likeness (QED) is 0.754. The SMILES string of the molecule is C=CC1CCCN1c1ccc(C#N)c2ccccc12. The predicted molar refractivity (Wildman–Crippen MR) is 79.2 cm³/mol. The van der Waals surface area contributed by atoms with E-state index in [-0.39, 0.29) is 0 Å². The Kier molecular flexibility index (Phi) is 2.97. The van der Waals surface area contributed by atoms with E-state index in [0.29, 0.717) is 6.04 Å². The molecule has 0 amide bonds. The maximum absolute atomic E-state index is 9.21. The lowest BCUT2D eigenvalue weighted by molar-refractivity contribution is 0.809. The molecule has 1 fully saturated rings. The zero-order valence-corrected chi connectivity index (χ0v) is 10.8. The highest BCUT2D eigenvalue weighted by Crippen LogP contribution is 2.33. The molecule has 0 N–H and O–H groups in total. The lowest BCUT2D eigenvalue weighted by Crippen LogP contribution is -2.27. The van der Waals surface area contributed by atoms with Gasteiger partial charge >= 0.3 is 0 Å². The molecule has 1 aliphatic rings. The summed E-state index contributed by atoms with van der Waals surface area (Å²) in [7, 11) is 0. The topological polar surface area (TPSA) is 27.0 Å². The number of nitrogens with zero attached hydrogens (tertiary/aromatic N) is 2. The molecule has 1 saturated heterocycles. The highest BCUT2D eigenvalue weighted by molar-refractivity contribution is 5.98. The van der Waals surface area contributed by atoms with Crippen LogP contribution < -0.4 is 4.90 Å². The Morgan fingerprint density at radius 2 is 2.00 bits per heavy atom. The van der Waals surface area contributed by atoms with E-state index in [2.05, 4.69) is 29.7 Å². The molecule has 1 unspecified atom stereocenters. The average molecular weight is 248 g/mol. The first-order valence-electron chi connectivity index (χ1n) is 6.66. The third-order valence-electron chi connectivity index (χ3n) is 3.90. The Balaban J connectivity index is 2.20. The molecule has 2 heteroatoms. The number of anilines is 1. The summed E-state index contributed by atoms with van der Waals surface area (Å²) in [5.41, 5.74) is 1.96. The normalized spacial score (nSPS) is 18.5. The van der Waals surface area contributed by atoms with Crippen molar-refractivity contribution in [3.05, 3.63) is 54.6 Å². The summed E-state index contributed by atoms with van der Waals surface area (Å²) in [6, 6.07) is 14.8. The molecule has 2 nitrogen and oxygen atoms in total. The molecule has 1 aliphatic heterocycles. The number of rotatable bonds is 2. The van der Waals surface area contributed by atoms with Crippen molar-refractivity contribution in [2.24, 2.45) is 0 Å². The number of hydrogen-bond acceptors (Lipinski definition) is 2. The maximum Gasteiger partial charge on any atom is 0.0998 e. The van der Waals surface area contributed by atoms with Gasteiger partial charge in [-0.15, -0.1) is 6.58 Å². The lowest BCUT2D eigenvalue weighted by atomic mass is 10.0. The fourth-order valence-corrected chi connectivity index (χ4v) is 2.97. The summed E-state index contributed by atoms with van der Waals surface area (Å²) >= 11 is 0. The smallest absolute Gasteiger partial charge is 0.0998 e. The second-order valence-electron chi connectivity index (χ2n) is 4.93. The molecule has 0 aliphatic carbocycles. The average Bonchev–Trinajstić information content (AvgIpc) is 2.94. The highest BCUT2D eigenvalue weighted by atomic mass is 15.2. The van der Waals surface area contributed by atoms with Gasteiger partial charge < -0.3 is 4.90 Å². The first kappa shape index (κ1) is 11.8. The summed E-state index contributed by atoms with van der Waals surface area (Å²) in [6.07, 6.45) is 4.39. The summed E-state index contributed by atoms with van der Waals surface area (Å²) in [5.74, 6) is 0. The summed E-state index contributed by atoms with van der Waals surface area (Å²) in [4.78, 5) is 2.40. The molecular formula is C17H16N2. The van der Waals surface area contributed by atoms with Crippen molar-refractivity contribution < 1.29 is 0 Å². The first-order chi connectivity index (χ1) is 9.35. The lowest BCUT2D eigenvalue weighted by Gasteiger charge is -2.26. The fraction of sp³-hybridized carbons (Fsp3) is 0.235. The van der Waals surface area contributed by atoms with E-state index in [9.17, 15) is 5.26 Å². The van der Waals surface area contributed by atoms with Crippen LogP contribution in [0.2, 0.25) is 0 Å². The van der Waals surface area contributed by atoms with Crippen molar-refractivity contribution in [2.45, 2.75) is 18.9 Å². The van der Waals surface area contributed by atoms with E-state index < -0.39 is 0 Å². The second-order valence-corrected chi connectivity index (χ2v) is 4.93. The highest BCUT2D eigenvalue weighted by Gasteiger charge is 2.23. The van der Waals surface area contributed by atoms with Crippen LogP contribution in [0.25, 0.3) is 10.8 Å². The van der Waals surface area contributed by atoms with Crippen LogP contribution in [0, 0.1) is 11.3 Å². The molecule has 0 spiro atoms. The van der Waals surface area contributed by atoms with Crippen molar-refractivity contribution in [2.75, 3.05) is 11.4 Å². The van der Waals surface area contributed by atoms with E-state index in [1.807, 2.05) is 30.3 Å². The van der Waals surface area contributed by atoms with Gasteiger partial charge in [-0.3, -0.25) is 0 Å². The van der Waals surface area contributed by atoms with E-state index in [1.54, 1.807) is 0 Å². The number of hydrogen-bond donors (Lipinski definition) is 0. The van der Waals surface area contributed by atoms with Crippen molar-refractivity contribution >= 4 is 16.5 Å². The standard InChI is InChI=1S/C17H16N2/c1-2-14-6-5-11-19(14)17-10-9-13(12-18)15-7-3-4-8-16(15)17/h2-4,7-10,14H,1,5-6,11H2. The van der Waals surface area contributed by atoms with Crippen molar-refractivity contribution in [3.63, 3.8) is 0 Å². The minimum Gasteiger partial charge on any atom is -0.365 e. The molecule has 0 saturated carbocycles. The van der Waals surface area contributed by atoms with Gasteiger partial charge in [0.2, 0.25) is 0 Å². The van der Waals surface area contributed by atoms with Crippen LogP contribution in [0.5, 0.6) is 0 Å². The van der Waals surface area contributed by atoms with Crippen molar-refractivity contribution in [3.8, 4) is 6.07 Å². The largest absolute Gasteiger partial charge is 0.365 e. The number of fused-ring (bicyclic) bond motifs is 1. The summed E-state index contributed by atoms with van der Waals surface area (Å²) < 4.78 is 0. The van der Waals surface area contributed by atoms with E-state index in [4.69, 9.17) is 0 Å². The van der Waals surface area contributed by atoms with Gasteiger partial charge in [0.15, 0.2) is 0 Å². The van der Waals surface area contributed by atoms with E-state index in [0.717, 1.165) is 29.3 Å². The molecule has 2 aromatic rings. The van der Waals surface area contributed by atoms with Crippen molar-refractivity contribution in [1.29, 1.82) is 5.26 Å². The molecular weight excluding hydrogens is 232 g/mol. The van der Waals surface area contributed by atoms with Crippen LogP contribution in [-0.4, -0.2) is 12.6 Å². The molecule has 1 heterocycles. The Morgan fingerprint density at radius 1 is 1.21 bits per heavy atom. The third-order valence-corrected chi connectivity index (χ3v) is 3.90. The van der Waals surface area contributed by atoms with E-state index >= 15 is 0 Å². The second kappa shape index (κ2) is 4.78. The Bertz CT molecular complexity index is 667. The molecule has 1 atom stereocenters. The van der Waals surface area contributed by atoms with Crippen LogP contribution in [0.1, 0.15) is 18.4 Å². The predicted octanol–water partition coefficient (Wildman–Crippen LogP) is 3.87. The van der Waals surface area contributed by atoms with Gasteiger partial charge in [-0.1, -0.05) is 30.3 Å². The monoisotopic (exact) mass is 248 g/mol. The molecule has 19 heavy (non-hydrogen) atoms. The number of nitriles is 1. The van der Waals surface area contributed by atoms with Gasteiger partial charge in [-0.05, 0) is 25.0 Å². The molecule has 94 valence electrons. The Morgan fingerprint density at radius 3 is 2.74 bits per heavy atom. The van der Waals surface area contributed by atoms with Crippen LogP contribution >= 0.6 is 0 Å². The zero-order valence-electron chi connectivity index (χ0n) is 10.8. The molecule has 0 radical (unpaired) electrons. The number of benzene rings is 2. The van der Waals surface area contributed by atoms with Gasteiger partial charge in [0, 0.05) is 29.0 Å². The van der Waals surface area contributed by atoms with Crippen LogP contribution in [0.3, 0.4) is 0 Å². The minimum absolute atomic E-state index is 0.413. The maximum atomic E-state index is 9.21. The van der Waals surface area contributed by atoms with Crippen LogP contribution in [0.4, 0.5) is 5.69 Å².